The molecular weight excluding hydrogens is 437 g/mol. The smallest absolute Gasteiger partial charge is 0.266 e. The van der Waals surface area contributed by atoms with Crippen molar-refractivity contribution in [1.29, 1.82) is 0 Å². The van der Waals surface area contributed by atoms with E-state index in [0.717, 1.165) is 26.7 Å². The first-order valence-electron chi connectivity index (χ1n) is 7.57. The van der Waals surface area contributed by atoms with E-state index in [9.17, 15) is 8.42 Å². The molecule has 0 radical (unpaired) electrons. The summed E-state index contributed by atoms with van der Waals surface area (Å²) in [6.07, 6.45) is 0.755. The van der Waals surface area contributed by atoms with Crippen LogP contribution in [0.5, 0.6) is 0 Å². The highest BCUT2D eigenvalue weighted by atomic mass is 127. The standard InChI is InChI=1S/C18H18INO3S/c1-13-7-9-15(10-8-13)24(21,22)20(2)18-17(19)16-6-4-3-5-14(16)11-12-23-18/h3-10H,11-12H2,1-2H3. The molecule has 1 aliphatic rings. The summed E-state index contributed by atoms with van der Waals surface area (Å²) in [5.41, 5.74) is 3.21. The molecule has 1 heterocycles. The largest absolute Gasteiger partial charge is 0.477 e. The van der Waals surface area contributed by atoms with E-state index >= 15 is 0 Å². The lowest BCUT2D eigenvalue weighted by Crippen LogP contribution is -2.28. The highest BCUT2D eigenvalue weighted by Gasteiger charge is 2.28. The van der Waals surface area contributed by atoms with Crippen LogP contribution in [0.2, 0.25) is 0 Å². The number of benzene rings is 2. The normalized spacial score (nSPS) is 14.6. The van der Waals surface area contributed by atoms with Gasteiger partial charge in [-0.25, -0.2) is 12.7 Å². The Kier molecular flexibility index (Phi) is 4.87. The molecule has 24 heavy (non-hydrogen) atoms. The van der Waals surface area contributed by atoms with Crippen LogP contribution in [0.4, 0.5) is 0 Å². The van der Waals surface area contributed by atoms with Crippen molar-refractivity contribution in [3.63, 3.8) is 0 Å². The van der Waals surface area contributed by atoms with Crippen LogP contribution in [-0.2, 0) is 21.2 Å². The maximum absolute atomic E-state index is 12.9. The molecule has 0 spiro atoms. The van der Waals surface area contributed by atoms with E-state index in [2.05, 4.69) is 28.7 Å². The lowest BCUT2D eigenvalue weighted by molar-refractivity contribution is 0.171. The van der Waals surface area contributed by atoms with Crippen LogP contribution < -0.4 is 0 Å². The molecule has 0 aromatic heterocycles. The van der Waals surface area contributed by atoms with Crippen LogP contribution in [0.1, 0.15) is 16.7 Å². The minimum Gasteiger partial charge on any atom is -0.477 e. The van der Waals surface area contributed by atoms with E-state index in [1.165, 1.54) is 11.4 Å². The van der Waals surface area contributed by atoms with Crippen molar-refractivity contribution in [2.75, 3.05) is 13.7 Å². The van der Waals surface area contributed by atoms with E-state index in [4.69, 9.17) is 4.74 Å². The van der Waals surface area contributed by atoms with Crippen molar-refractivity contribution in [2.45, 2.75) is 18.2 Å². The quantitative estimate of drug-likeness (QED) is 0.659. The minimum absolute atomic E-state index is 0.258. The van der Waals surface area contributed by atoms with Gasteiger partial charge in [-0.15, -0.1) is 0 Å². The second-order valence-corrected chi connectivity index (χ2v) is 8.71. The Morgan fingerprint density at radius 1 is 1.08 bits per heavy atom. The first-order valence-corrected chi connectivity index (χ1v) is 10.1. The van der Waals surface area contributed by atoms with Crippen LogP contribution in [-0.4, -0.2) is 26.4 Å². The zero-order valence-electron chi connectivity index (χ0n) is 13.5. The molecule has 0 N–H and O–H groups in total. The third-order valence-electron chi connectivity index (χ3n) is 4.02. The van der Waals surface area contributed by atoms with E-state index in [1.807, 2.05) is 25.1 Å². The van der Waals surface area contributed by atoms with Crippen molar-refractivity contribution in [3.05, 3.63) is 71.1 Å². The molecule has 0 aliphatic carbocycles. The molecule has 4 nitrogen and oxygen atoms in total. The summed E-state index contributed by atoms with van der Waals surface area (Å²) in [4.78, 5) is 0.258. The van der Waals surface area contributed by atoms with Gasteiger partial charge < -0.3 is 4.74 Å². The summed E-state index contributed by atoms with van der Waals surface area (Å²) in [5.74, 6) is 0.376. The van der Waals surface area contributed by atoms with Crippen molar-refractivity contribution >= 4 is 36.2 Å². The molecule has 2 aromatic carbocycles. The average molecular weight is 455 g/mol. The lowest BCUT2D eigenvalue weighted by Gasteiger charge is -2.23. The molecule has 6 heteroatoms. The van der Waals surface area contributed by atoms with E-state index in [1.54, 1.807) is 24.3 Å². The molecule has 1 aliphatic heterocycles. The number of sulfonamides is 1. The Balaban J connectivity index is 2.05. The minimum atomic E-state index is -3.66. The molecule has 0 saturated heterocycles. The molecule has 0 amide bonds. The van der Waals surface area contributed by atoms with Gasteiger partial charge in [-0.3, -0.25) is 0 Å². The Bertz CT molecular complexity index is 889. The zero-order chi connectivity index (χ0) is 17.3. The van der Waals surface area contributed by atoms with Gasteiger partial charge in [-0.2, -0.15) is 0 Å². The van der Waals surface area contributed by atoms with Crippen LogP contribution in [0.25, 0.3) is 3.58 Å². The molecule has 0 atom stereocenters. The van der Waals surface area contributed by atoms with Gasteiger partial charge in [0.2, 0.25) is 5.88 Å². The van der Waals surface area contributed by atoms with Gasteiger partial charge in [-0.05, 0) is 52.8 Å². The van der Waals surface area contributed by atoms with Gasteiger partial charge in [0.25, 0.3) is 10.0 Å². The van der Waals surface area contributed by atoms with Gasteiger partial charge in [0.15, 0.2) is 0 Å². The summed E-state index contributed by atoms with van der Waals surface area (Å²) in [7, 11) is -2.12. The fourth-order valence-corrected chi connectivity index (χ4v) is 4.96. The lowest BCUT2D eigenvalue weighted by atomic mass is 10.1. The summed E-state index contributed by atoms with van der Waals surface area (Å²) < 4.78 is 33.7. The van der Waals surface area contributed by atoms with Gasteiger partial charge >= 0.3 is 0 Å². The Morgan fingerprint density at radius 3 is 2.46 bits per heavy atom. The third-order valence-corrected chi connectivity index (χ3v) is 6.81. The first-order chi connectivity index (χ1) is 11.4. The SMILES string of the molecule is Cc1ccc(S(=O)(=O)N(C)C2=C(I)c3ccccc3CCO2)cc1. The predicted molar refractivity (Wildman–Crippen MR) is 103 cm³/mol. The summed E-state index contributed by atoms with van der Waals surface area (Å²) in [6.45, 7) is 2.38. The third kappa shape index (κ3) is 3.17. The highest BCUT2D eigenvalue weighted by Crippen LogP contribution is 2.35. The first kappa shape index (κ1) is 17.3. The van der Waals surface area contributed by atoms with Gasteiger partial charge in [0.05, 0.1) is 15.1 Å². The number of fused-ring (bicyclic) bond motifs is 1. The van der Waals surface area contributed by atoms with Crippen molar-refractivity contribution in [2.24, 2.45) is 0 Å². The Hall–Kier alpha value is -1.54. The Labute approximate surface area is 156 Å². The molecular formula is C18H18INO3S. The van der Waals surface area contributed by atoms with Crippen LogP contribution in [0.15, 0.2) is 59.3 Å². The number of nitrogens with zero attached hydrogens (tertiary/aromatic N) is 1. The van der Waals surface area contributed by atoms with Crippen LogP contribution in [0, 0.1) is 6.92 Å². The second-order valence-electron chi connectivity index (χ2n) is 5.66. The van der Waals surface area contributed by atoms with E-state index in [-0.39, 0.29) is 4.90 Å². The zero-order valence-corrected chi connectivity index (χ0v) is 16.5. The molecule has 126 valence electrons. The number of hydrogen-bond acceptors (Lipinski definition) is 3. The second kappa shape index (κ2) is 6.76. The topological polar surface area (TPSA) is 46.6 Å². The molecule has 0 bridgehead atoms. The fourth-order valence-electron chi connectivity index (χ4n) is 2.60. The molecule has 3 rings (SSSR count). The average Bonchev–Trinajstić information content (AvgIpc) is 2.74. The summed E-state index contributed by atoms with van der Waals surface area (Å²) in [5, 5.41) is 0. The van der Waals surface area contributed by atoms with Crippen LogP contribution >= 0.6 is 22.6 Å². The summed E-state index contributed by atoms with van der Waals surface area (Å²) in [6, 6.07) is 14.8. The van der Waals surface area contributed by atoms with Crippen molar-refractivity contribution < 1.29 is 13.2 Å². The summed E-state index contributed by atoms with van der Waals surface area (Å²) >= 11 is 2.16. The van der Waals surface area contributed by atoms with Crippen molar-refractivity contribution in [3.8, 4) is 0 Å². The predicted octanol–water partition coefficient (Wildman–Crippen LogP) is 3.95. The maximum Gasteiger partial charge on any atom is 0.266 e. The van der Waals surface area contributed by atoms with E-state index in [0.29, 0.717) is 12.5 Å². The van der Waals surface area contributed by atoms with E-state index < -0.39 is 10.0 Å². The molecule has 0 fully saturated rings. The van der Waals surface area contributed by atoms with Gasteiger partial charge in [0.1, 0.15) is 0 Å². The number of rotatable bonds is 3. The van der Waals surface area contributed by atoms with Gasteiger partial charge in [-0.1, -0.05) is 42.0 Å². The van der Waals surface area contributed by atoms with Crippen molar-refractivity contribution in [1.82, 2.24) is 4.31 Å². The van der Waals surface area contributed by atoms with Crippen LogP contribution in [0.3, 0.4) is 0 Å². The highest BCUT2D eigenvalue weighted by molar-refractivity contribution is 14.1. The molecule has 0 unspecified atom stereocenters. The Morgan fingerprint density at radius 2 is 1.75 bits per heavy atom. The maximum atomic E-state index is 12.9. The number of hydrogen-bond donors (Lipinski definition) is 0. The molecule has 2 aromatic rings. The number of ether oxygens (including phenoxy) is 1. The fraction of sp³-hybridized carbons (Fsp3) is 0.222. The number of aryl methyl sites for hydroxylation is 1. The van der Waals surface area contributed by atoms with Gasteiger partial charge in [0, 0.05) is 13.5 Å². The number of halogens is 1. The monoisotopic (exact) mass is 455 g/mol. The molecule has 0 saturated carbocycles.